The first kappa shape index (κ1) is 8.97. The summed E-state index contributed by atoms with van der Waals surface area (Å²) in [7, 11) is 0. The van der Waals surface area contributed by atoms with E-state index in [1.165, 1.54) is 44.3 Å². The number of nitrogens with zero attached hydrogens (tertiary/aromatic N) is 3. The molecule has 0 spiro atoms. The van der Waals surface area contributed by atoms with Crippen LogP contribution in [0.2, 0.25) is 0 Å². The van der Waals surface area contributed by atoms with Gasteiger partial charge in [-0.15, -0.1) is 0 Å². The molecule has 0 atom stereocenters. The number of fused-ring (bicyclic) bond motifs is 2. The fourth-order valence-electron chi connectivity index (χ4n) is 3.33. The number of hydrogen-bond donors (Lipinski definition) is 0. The Hall–Kier alpha value is -1.12. The normalized spacial score (nSPS) is 32.4. The standard InChI is InChI=1S/C13H17N3/c1-2-9(1)13-14-8-7-12(15-13)16-10-3-4-11(16)6-5-10/h7-11H,1-6H2. The largest absolute Gasteiger partial charge is 0.351 e. The number of aromatic nitrogens is 2. The van der Waals surface area contributed by atoms with E-state index in [1.807, 2.05) is 6.20 Å². The van der Waals surface area contributed by atoms with Gasteiger partial charge in [-0.1, -0.05) is 0 Å². The smallest absolute Gasteiger partial charge is 0.133 e. The van der Waals surface area contributed by atoms with Crippen LogP contribution in [0.3, 0.4) is 0 Å². The van der Waals surface area contributed by atoms with Crippen LogP contribution in [0.1, 0.15) is 50.3 Å². The second-order valence-electron chi connectivity index (χ2n) is 5.42. The van der Waals surface area contributed by atoms with Crippen molar-refractivity contribution in [3.05, 3.63) is 18.1 Å². The van der Waals surface area contributed by atoms with E-state index < -0.39 is 0 Å². The molecule has 1 saturated carbocycles. The molecule has 4 rings (SSSR count). The van der Waals surface area contributed by atoms with E-state index in [-0.39, 0.29) is 0 Å². The minimum absolute atomic E-state index is 0.667. The van der Waals surface area contributed by atoms with Crippen LogP contribution in [0.5, 0.6) is 0 Å². The fraction of sp³-hybridized carbons (Fsp3) is 0.692. The van der Waals surface area contributed by atoms with Crippen molar-refractivity contribution in [2.75, 3.05) is 4.90 Å². The van der Waals surface area contributed by atoms with Gasteiger partial charge in [-0.3, -0.25) is 0 Å². The summed E-state index contributed by atoms with van der Waals surface area (Å²) in [5, 5.41) is 0. The quantitative estimate of drug-likeness (QED) is 0.759. The van der Waals surface area contributed by atoms with E-state index in [1.54, 1.807) is 0 Å². The third kappa shape index (κ3) is 1.27. The monoisotopic (exact) mass is 215 g/mol. The molecule has 1 aromatic rings. The van der Waals surface area contributed by atoms with Gasteiger partial charge in [-0.25, -0.2) is 9.97 Å². The molecule has 0 amide bonds. The second kappa shape index (κ2) is 3.19. The Bertz CT molecular complexity index is 393. The molecule has 84 valence electrons. The maximum Gasteiger partial charge on any atom is 0.133 e. The Morgan fingerprint density at radius 3 is 2.31 bits per heavy atom. The molecule has 3 heterocycles. The van der Waals surface area contributed by atoms with E-state index in [4.69, 9.17) is 4.98 Å². The van der Waals surface area contributed by atoms with Crippen molar-refractivity contribution in [3.63, 3.8) is 0 Å². The molecular weight excluding hydrogens is 198 g/mol. The maximum absolute atomic E-state index is 4.77. The molecule has 1 aromatic heterocycles. The highest BCUT2D eigenvalue weighted by molar-refractivity contribution is 5.44. The number of hydrogen-bond acceptors (Lipinski definition) is 3. The minimum Gasteiger partial charge on any atom is -0.351 e. The molecule has 1 aliphatic carbocycles. The molecule has 3 nitrogen and oxygen atoms in total. The molecule has 3 heteroatoms. The highest BCUT2D eigenvalue weighted by Gasteiger charge is 2.40. The molecule has 0 unspecified atom stereocenters. The van der Waals surface area contributed by atoms with Gasteiger partial charge in [0.15, 0.2) is 0 Å². The summed E-state index contributed by atoms with van der Waals surface area (Å²) in [6.45, 7) is 0. The van der Waals surface area contributed by atoms with Crippen LogP contribution >= 0.6 is 0 Å². The van der Waals surface area contributed by atoms with Crippen LogP contribution in [-0.4, -0.2) is 22.1 Å². The van der Waals surface area contributed by atoms with Crippen molar-refractivity contribution in [2.45, 2.75) is 56.5 Å². The summed E-state index contributed by atoms with van der Waals surface area (Å²) in [6.07, 6.45) is 10.0. The van der Waals surface area contributed by atoms with Crippen LogP contribution in [0.4, 0.5) is 5.82 Å². The average molecular weight is 215 g/mol. The first-order chi connectivity index (χ1) is 7.92. The lowest BCUT2D eigenvalue weighted by atomic mass is 10.0. The zero-order valence-electron chi connectivity index (χ0n) is 9.47. The molecule has 3 fully saturated rings. The third-order valence-corrected chi connectivity index (χ3v) is 4.32. The zero-order chi connectivity index (χ0) is 10.5. The highest BCUT2D eigenvalue weighted by atomic mass is 15.3. The summed E-state index contributed by atoms with van der Waals surface area (Å²) < 4.78 is 0. The van der Waals surface area contributed by atoms with Gasteiger partial charge in [0.05, 0.1) is 0 Å². The van der Waals surface area contributed by atoms with Crippen molar-refractivity contribution in [3.8, 4) is 0 Å². The first-order valence-electron chi connectivity index (χ1n) is 6.53. The van der Waals surface area contributed by atoms with E-state index in [2.05, 4.69) is 16.0 Å². The molecule has 0 radical (unpaired) electrons. The van der Waals surface area contributed by atoms with Crippen molar-refractivity contribution in [2.24, 2.45) is 0 Å². The van der Waals surface area contributed by atoms with E-state index in [0.29, 0.717) is 5.92 Å². The summed E-state index contributed by atoms with van der Waals surface area (Å²) in [4.78, 5) is 11.7. The molecule has 2 bridgehead atoms. The Kier molecular flexibility index (Phi) is 1.79. The van der Waals surface area contributed by atoms with Gasteiger partial charge in [0.1, 0.15) is 11.6 Å². The van der Waals surface area contributed by atoms with Gasteiger partial charge in [-0.05, 0) is 44.6 Å². The zero-order valence-corrected chi connectivity index (χ0v) is 9.47. The number of rotatable bonds is 2. The van der Waals surface area contributed by atoms with Gasteiger partial charge in [-0.2, -0.15) is 0 Å². The van der Waals surface area contributed by atoms with E-state index >= 15 is 0 Å². The summed E-state index contributed by atoms with van der Waals surface area (Å²) >= 11 is 0. The molecule has 2 aliphatic heterocycles. The molecule has 3 aliphatic rings. The molecule has 0 N–H and O–H groups in total. The molecule has 2 saturated heterocycles. The van der Waals surface area contributed by atoms with E-state index in [0.717, 1.165) is 17.9 Å². The summed E-state index contributed by atoms with van der Waals surface area (Å²) in [6, 6.07) is 3.64. The second-order valence-corrected chi connectivity index (χ2v) is 5.42. The van der Waals surface area contributed by atoms with Gasteiger partial charge in [0.25, 0.3) is 0 Å². The van der Waals surface area contributed by atoms with Gasteiger partial charge >= 0.3 is 0 Å². The topological polar surface area (TPSA) is 29.0 Å². The van der Waals surface area contributed by atoms with Crippen molar-refractivity contribution < 1.29 is 0 Å². The predicted octanol–water partition coefficient (Wildman–Crippen LogP) is 2.49. The SMILES string of the molecule is c1cc(N2C3CCC2CC3)nc(C2CC2)n1. The number of anilines is 1. The summed E-state index contributed by atoms with van der Waals surface area (Å²) in [5.41, 5.74) is 0. The van der Waals surface area contributed by atoms with Crippen LogP contribution in [-0.2, 0) is 0 Å². The fourth-order valence-corrected chi connectivity index (χ4v) is 3.33. The molecular formula is C13H17N3. The van der Waals surface area contributed by atoms with Crippen LogP contribution in [0.15, 0.2) is 12.3 Å². The lowest BCUT2D eigenvalue weighted by Crippen LogP contribution is -2.29. The van der Waals surface area contributed by atoms with Crippen molar-refractivity contribution in [1.29, 1.82) is 0 Å². The Morgan fingerprint density at radius 1 is 1.00 bits per heavy atom. The maximum atomic E-state index is 4.77. The summed E-state index contributed by atoms with van der Waals surface area (Å²) in [5.74, 6) is 2.95. The minimum atomic E-state index is 0.667. The lowest BCUT2D eigenvalue weighted by molar-refractivity contribution is 0.576. The average Bonchev–Trinajstić information content (AvgIpc) is 3.02. The lowest BCUT2D eigenvalue weighted by Gasteiger charge is -2.23. The van der Waals surface area contributed by atoms with Crippen molar-refractivity contribution >= 4 is 5.82 Å². The molecule has 16 heavy (non-hydrogen) atoms. The van der Waals surface area contributed by atoms with Crippen LogP contribution in [0, 0.1) is 0 Å². The Balaban J connectivity index is 1.68. The van der Waals surface area contributed by atoms with Crippen LogP contribution < -0.4 is 4.90 Å². The highest BCUT2D eigenvalue weighted by Crippen LogP contribution is 2.42. The van der Waals surface area contributed by atoms with Gasteiger partial charge in [0, 0.05) is 24.2 Å². The molecule has 0 aromatic carbocycles. The first-order valence-corrected chi connectivity index (χ1v) is 6.53. The van der Waals surface area contributed by atoms with E-state index in [9.17, 15) is 0 Å². The third-order valence-electron chi connectivity index (χ3n) is 4.32. The van der Waals surface area contributed by atoms with Gasteiger partial charge < -0.3 is 4.90 Å². The van der Waals surface area contributed by atoms with Gasteiger partial charge in [0.2, 0.25) is 0 Å². The predicted molar refractivity (Wildman–Crippen MR) is 62.5 cm³/mol. The van der Waals surface area contributed by atoms with Crippen LogP contribution in [0.25, 0.3) is 0 Å². The van der Waals surface area contributed by atoms with Crippen molar-refractivity contribution in [1.82, 2.24) is 9.97 Å². The Labute approximate surface area is 95.9 Å². The Morgan fingerprint density at radius 2 is 1.69 bits per heavy atom.